The van der Waals surface area contributed by atoms with Crippen molar-refractivity contribution in [3.05, 3.63) is 61.4 Å². The van der Waals surface area contributed by atoms with Crippen LogP contribution in [0.1, 0.15) is 27.7 Å². The van der Waals surface area contributed by atoms with E-state index in [0.29, 0.717) is 6.61 Å². The minimum absolute atomic E-state index is 0.239. The van der Waals surface area contributed by atoms with Gasteiger partial charge in [0.15, 0.2) is 0 Å². The van der Waals surface area contributed by atoms with Gasteiger partial charge in [-0.3, -0.25) is 0 Å². The van der Waals surface area contributed by atoms with Gasteiger partial charge in [0.2, 0.25) is 5.95 Å². The molecule has 0 aliphatic heterocycles. The van der Waals surface area contributed by atoms with Crippen LogP contribution < -0.4 is 10.5 Å². The Morgan fingerprint density at radius 2 is 1.79 bits per heavy atom. The van der Waals surface area contributed by atoms with Crippen molar-refractivity contribution < 1.29 is 4.74 Å². The van der Waals surface area contributed by atoms with E-state index in [1.165, 1.54) is 6.33 Å². The number of nitrogens with two attached hydrogens (primary N) is 1. The second-order valence-electron chi connectivity index (χ2n) is 8.93. The minimum Gasteiger partial charge on any atom is -0.494 e. The van der Waals surface area contributed by atoms with E-state index < -0.39 is 0 Å². The molecule has 0 amide bonds. The summed E-state index contributed by atoms with van der Waals surface area (Å²) in [5.41, 5.74) is 10.9. The molecule has 0 saturated carbocycles. The van der Waals surface area contributed by atoms with E-state index in [0.717, 1.165) is 45.0 Å². The molecule has 0 spiro atoms. The molecule has 0 unspecified atom stereocenters. The highest BCUT2D eigenvalue weighted by Crippen LogP contribution is 2.37. The van der Waals surface area contributed by atoms with Crippen LogP contribution in [0.4, 0.5) is 5.95 Å². The van der Waals surface area contributed by atoms with Crippen LogP contribution in [0.2, 0.25) is 0 Å². The molecule has 9 nitrogen and oxygen atoms in total. The molecule has 172 valence electrons. The average Bonchev–Trinajstić information content (AvgIpc) is 3.47. The SMILES string of the molecule is CCOc1ccc(-n2cncn2)c(-c2nc3cc(-c4cnc(N)nc4)ccc3n2C(C)(C)C)c1. The molecule has 5 rings (SSSR count). The molecule has 0 aliphatic rings. The summed E-state index contributed by atoms with van der Waals surface area (Å²) in [6.07, 6.45) is 6.65. The number of fused-ring (bicyclic) bond motifs is 1. The summed E-state index contributed by atoms with van der Waals surface area (Å²) >= 11 is 0. The normalized spacial score (nSPS) is 11.8. The van der Waals surface area contributed by atoms with Gasteiger partial charge in [0.05, 0.1) is 23.3 Å². The number of aromatic nitrogens is 7. The van der Waals surface area contributed by atoms with Crippen molar-refractivity contribution in [2.45, 2.75) is 33.2 Å². The lowest BCUT2D eigenvalue weighted by Crippen LogP contribution is -2.23. The van der Waals surface area contributed by atoms with Gasteiger partial charge in [-0.05, 0) is 63.6 Å². The van der Waals surface area contributed by atoms with Gasteiger partial charge < -0.3 is 15.0 Å². The van der Waals surface area contributed by atoms with Crippen LogP contribution in [0.3, 0.4) is 0 Å². The highest BCUT2D eigenvalue weighted by atomic mass is 16.5. The first kappa shape index (κ1) is 21.6. The van der Waals surface area contributed by atoms with E-state index in [1.807, 2.05) is 25.1 Å². The van der Waals surface area contributed by atoms with E-state index in [-0.39, 0.29) is 11.5 Å². The Morgan fingerprint density at radius 1 is 1.00 bits per heavy atom. The molecule has 0 saturated heterocycles. The highest BCUT2D eigenvalue weighted by molar-refractivity contribution is 5.87. The van der Waals surface area contributed by atoms with E-state index in [2.05, 4.69) is 63.6 Å². The monoisotopic (exact) mass is 454 g/mol. The summed E-state index contributed by atoms with van der Waals surface area (Å²) < 4.78 is 9.81. The maximum absolute atomic E-state index is 5.82. The van der Waals surface area contributed by atoms with Crippen molar-refractivity contribution in [2.24, 2.45) is 0 Å². The lowest BCUT2D eigenvalue weighted by molar-refractivity contribution is 0.340. The first-order valence-electron chi connectivity index (χ1n) is 11.1. The second kappa shape index (κ2) is 8.26. The molecular formula is C25H26N8O. The number of hydrogen-bond donors (Lipinski definition) is 1. The predicted molar refractivity (Wildman–Crippen MR) is 132 cm³/mol. The fourth-order valence-corrected chi connectivity index (χ4v) is 4.09. The molecular weight excluding hydrogens is 428 g/mol. The largest absolute Gasteiger partial charge is 0.494 e. The molecule has 0 fully saturated rings. The van der Waals surface area contributed by atoms with Crippen molar-refractivity contribution in [3.8, 4) is 34.0 Å². The average molecular weight is 455 g/mol. The van der Waals surface area contributed by atoms with Crippen LogP contribution in [-0.4, -0.2) is 40.9 Å². The molecule has 9 heteroatoms. The summed E-state index contributed by atoms with van der Waals surface area (Å²) in [4.78, 5) is 17.5. The van der Waals surface area contributed by atoms with Gasteiger partial charge in [-0.1, -0.05) is 6.07 Å². The Kier molecular flexibility index (Phi) is 5.24. The number of ether oxygens (including phenoxy) is 1. The number of benzene rings is 2. The molecule has 2 N–H and O–H groups in total. The predicted octanol–water partition coefficient (Wildman–Crippen LogP) is 4.48. The van der Waals surface area contributed by atoms with Gasteiger partial charge in [-0.25, -0.2) is 24.6 Å². The van der Waals surface area contributed by atoms with Crippen LogP contribution in [0.15, 0.2) is 61.4 Å². The maximum atomic E-state index is 5.82. The van der Waals surface area contributed by atoms with Crippen LogP contribution >= 0.6 is 0 Å². The highest BCUT2D eigenvalue weighted by Gasteiger charge is 2.25. The fourth-order valence-electron chi connectivity index (χ4n) is 4.09. The molecule has 0 aliphatic carbocycles. The molecule has 0 radical (unpaired) electrons. The zero-order valence-electron chi connectivity index (χ0n) is 19.6. The van der Waals surface area contributed by atoms with Gasteiger partial charge in [0, 0.05) is 29.1 Å². The van der Waals surface area contributed by atoms with E-state index in [1.54, 1.807) is 23.4 Å². The van der Waals surface area contributed by atoms with Crippen molar-refractivity contribution in [2.75, 3.05) is 12.3 Å². The third-order valence-electron chi connectivity index (χ3n) is 5.52. The van der Waals surface area contributed by atoms with Crippen LogP contribution in [-0.2, 0) is 5.54 Å². The summed E-state index contributed by atoms with van der Waals surface area (Å²) in [5, 5.41) is 4.36. The Labute approximate surface area is 197 Å². The van der Waals surface area contributed by atoms with E-state index >= 15 is 0 Å². The first-order valence-corrected chi connectivity index (χ1v) is 11.1. The molecule has 3 aromatic heterocycles. The van der Waals surface area contributed by atoms with Crippen LogP contribution in [0.25, 0.3) is 39.2 Å². The molecule has 0 bridgehead atoms. The quantitative estimate of drug-likeness (QED) is 0.417. The van der Waals surface area contributed by atoms with Crippen LogP contribution in [0.5, 0.6) is 5.75 Å². The minimum atomic E-state index is -0.239. The zero-order valence-corrected chi connectivity index (χ0v) is 19.6. The smallest absolute Gasteiger partial charge is 0.219 e. The van der Waals surface area contributed by atoms with Crippen molar-refractivity contribution in [3.63, 3.8) is 0 Å². The van der Waals surface area contributed by atoms with Crippen molar-refractivity contribution in [1.29, 1.82) is 0 Å². The third-order valence-corrected chi connectivity index (χ3v) is 5.52. The van der Waals surface area contributed by atoms with Gasteiger partial charge in [-0.15, -0.1) is 0 Å². The molecule has 34 heavy (non-hydrogen) atoms. The van der Waals surface area contributed by atoms with Gasteiger partial charge >= 0.3 is 0 Å². The van der Waals surface area contributed by atoms with E-state index in [4.69, 9.17) is 15.5 Å². The second-order valence-corrected chi connectivity index (χ2v) is 8.93. The Hall–Kier alpha value is -4.27. The Balaban J connectivity index is 1.76. The lowest BCUT2D eigenvalue weighted by atomic mass is 10.0. The summed E-state index contributed by atoms with van der Waals surface area (Å²) in [6.45, 7) is 9.05. The number of nitrogen functional groups attached to an aromatic ring is 1. The summed E-state index contributed by atoms with van der Waals surface area (Å²) in [6, 6.07) is 12.1. The van der Waals surface area contributed by atoms with Gasteiger partial charge in [0.25, 0.3) is 0 Å². The molecule has 3 heterocycles. The molecule has 2 aromatic carbocycles. The Bertz CT molecular complexity index is 1450. The standard InChI is InChI=1S/C25H26N8O/c1-5-34-18-7-9-21(32-15-27-14-30-32)19(11-18)23-31-20-10-16(17-12-28-24(26)29-13-17)6-8-22(20)33(23)25(2,3)4/h6-15H,5H2,1-4H3,(H2,26,28,29). The van der Waals surface area contributed by atoms with Crippen LogP contribution in [0, 0.1) is 0 Å². The number of hydrogen-bond acceptors (Lipinski definition) is 7. The lowest BCUT2D eigenvalue weighted by Gasteiger charge is -2.25. The third kappa shape index (κ3) is 3.85. The summed E-state index contributed by atoms with van der Waals surface area (Å²) in [7, 11) is 0. The molecule has 0 atom stereocenters. The number of anilines is 1. The summed E-state index contributed by atoms with van der Waals surface area (Å²) in [5.74, 6) is 1.84. The van der Waals surface area contributed by atoms with Crippen molar-refractivity contribution in [1.82, 2.24) is 34.3 Å². The maximum Gasteiger partial charge on any atom is 0.219 e. The number of nitrogens with zero attached hydrogens (tertiary/aromatic N) is 7. The zero-order chi connectivity index (χ0) is 23.9. The van der Waals surface area contributed by atoms with Crippen molar-refractivity contribution >= 4 is 17.0 Å². The van der Waals surface area contributed by atoms with E-state index in [9.17, 15) is 0 Å². The number of imidazole rings is 1. The molecule has 5 aromatic rings. The first-order chi connectivity index (χ1) is 16.3. The Morgan fingerprint density at radius 3 is 2.47 bits per heavy atom. The fraction of sp³-hybridized carbons (Fsp3) is 0.240. The number of rotatable bonds is 5. The van der Waals surface area contributed by atoms with Gasteiger partial charge in [-0.2, -0.15) is 5.10 Å². The topological polar surface area (TPSA) is 110 Å². The van der Waals surface area contributed by atoms with Gasteiger partial charge in [0.1, 0.15) is 24.2 Å².